The van der Waals surface area contributed by atoms with Crippen molar-refractivity contribution < 1.29 is 19.4 Å². The molecule has 15 heavy (non-hydrogen) atoms. The Morgan fingerprint density at radius 1 is 1.47 bits per heavy atom. The van der Waals surface area contributed by atoms with Crippen molar-refractivity contribution in [1.29, 1.82) is 0 Å². The van der Waals surface area contributed by atoms with Crippen molar-refractivity contribution in [2.24, 2.45) is 0 Å². The van der Waals surface area contributed by atoms with E-state index in [-0.39, 0.29) is 5.97 Å². The summed E-state index contributed by atoms with van der Waals surface area (Å²) in [6.07, 6.45) is 0.683. The maximum absolute atomic E-state index is 10.8. The van der Waals surface area contributed by atoms with Crippen LogP contribution in [0, 0.1) is 0 Å². The third-order valence-corrected chi connectivity index (χ3v) is 2.03. The quantitative estimate of drug-likeness (QED) is 0.577. The maximum atomic E-state index is 10.8. The molecule has 1 unspecified atom stereocenters. The minimum absolute atomic E-state index is 0.194. The van der Waals surface area contributed by atoms with Crippen LogP contribution in [0.2, 0.25) is 0 Å². The molecule has 0 saturated carbocycles. The molecule has 0 saturated heterocycles. The normalized spacial score (nSPS) is 12.9. The number of carbonyl (C=O) groups excluding carboxylic acids is 1. The van der Waals surface area contributed by atoms with Gasteiger partial charge >= 0.3 is 5.97 Å². The molecule has 0 aliphatic carbocycles. The highest BCUT2D eigenvalue weighted by atomic mass is 16.5. The van der Waals surface area contributed by atoms with Crippen LogP contribution in [0.15, 0.2) is 0 Å². The van der Waals surface area contributed by atoms with Crippen molar-refractivity contribution >= 4 is 5.97 Å². The van der Waals surface area contributed by atoms with Crippen molar-refractivity contribution in [3.8, 4) is 0 Å². The molecule has 5 nitrogen and oxygen atoms in total. The smallest absolute Gasteiger partial charge is 0.305 e. The van der Waals surface area contributed by atoms with E-state index in [1.807, 2.05) is 11.9 Å². The monoisotopic (exact) mass is 219 g/mol. The van der Waals surface area contributed by atoms with E-state index in [0.717, 1.165) is 13.0 Å². The number of rotatable bonds is 8. The fourth-order valence-corrected chi connectivity index (χ4v) is 1.29. The first-order valence-electron chi connectivity index (χ1n) is 5.02. The molecule has 0 aromatic carbocycles. The van der Waals surface area contributed by atoms with E-state index in [4.69, 9.17) is 4.74 Å². The molecule has 0 amide bonds. The van der Waals surface area contributed by atoms with Gasteiger partial charge in [0.05, 0.1) is 19.8 Å². The lowest BCUT2D eigenvalue weighted by molar-refractivity contribution is -0.140. The van der Waals surface area contributed by atoms with E-state index < -0.39 is 6.10 Å². The third-order valence-electron chi connectivity index (χ3n) is 2.03. The minimum Gasteiger partial charge on any atom is -0.469 e. The Morgan fingerprint density at radius 2 is 2.13 bits per heavy atom. The van der Waals surface area contributed by atoms with Gasteiger partial charge in [-0.15, -0.1) is 0 Å². The summed E-state index contributed by atoms with van der Waals surface area (Å²) in [5.41, 5.74) is 0. The van der Waals surface area contributed by atoms with Crippen molar-refractivity contribution in [3.05, 3.63) is 0 Å². The largest absolute Gasteiger partial charge is 0.469 e. The second kappa shape index (κ2) is 8.64. The molecule has 90 valence electrons. The Labute approximate surface area is 91.0 Å². The van der Waals surface area contributed by atoms with Crippen molar-refractivity contribution in [1.82, 2.24) is 4.90 Å². The van der Waals surface area contributed by atoms with Gasteiger partial charge in [0.1, 0.15) is 0 Å². The van der Waals surface area contributed by atoms with Crippen LogP contribution in [-0.4, -0.2) is 63.0 Å². The van der Waals surface area contributed by atoms with Crippen LogP contribution < -0.4 is 0 Å². The Balaban J connectivity index is 3.48. The summed E-state index contributed by atoms with van der Waals surface area (Å²) < 4.78 is 9.34. The van der Waals surface area contributed by atoms with E-state index in [1.165, 1.54) is 7.11 Å². The van der Waals surface area contributed by atoms with Gasteiger partial charge in [-0.25, -0.2) is 0 Å². The number of hydrogen-bond donors (Lipinski definition) is 1. The van der Waals surface area contributed by atoms with Gasteiger partial charge in [-0.1, -0.05) is 0 Å². The lowest BCUT2D eigenvalue weighted by Gasteiger charge is -2.19. The van der Waals surface area contributed by atoms with Gasteiger partial charge < -0.3 is 19.5 Å². The van der Waals surface area contributed by atoms with Crippen LogP contribution in [0.5, 0.6) is 0 Å². The summed E-state index contributed by atoms with van der Waals surface area (Å²) in [7, 11) is 4.84. The fraction of sp³-hybridized carbons (Fsp3) is 0.900. The SMILES string of the molecule is COCC(O)CN(C)CCCC(=O)OC. The van der Waals surface area contributed by atoms with E-state index in [2.05, 4.69) is 4.74 Å². The van der Waals surface area contributed by atoms with Gasteiger partial charge in [-0.2, -0.15) is 0 Å². The average Bonchev–Trinajstić information content (AvgIpc) is 2.17. The lowest BCUT2D eigenvalue weighted by Crippen LogP contribution is -2.32. The third kappa shape index (κ3) is 8.35. The van der Waals surface area contributed by atoms with Crippen LogP contribution in [0.4, 0.5) is 0 Å². The van der Waals surface area contributed by atoms with Crippen LogP contribution in [0.3, 0.4) is 0 Å². The van der Waals surface area contributed by atoms with E-state index in [1.54, 1.807) is 7.11 Å². The molecule has 1 N–H and O–H groups in total. The average molecular weight is 219 g/mol. The number of methoxy groups -OCH3 is 2. The molecular weight excluding hydrogens is 198 g/mol. The second-order valence-corrected chi connectivity index (χ2v) is 3.55. The summed E-state index contributed by atoms with van der Waals surface area (Å²) in [6, 6.07) is 0. The molecule has 0 spiro atoms. The number of carbonyl (C=O) groups is 1. The van der Waals surface area contributed by atoms with E-state index in [0.29, 0.717) is 19.6 Å². The number of aliphatic hydroxyl groups excluding tert-OH is 1. The topological polar surface area (TPSA) is 59.0 Å². The second-order valence-electron chi connectivity index (χ2n) is 3.55. The van der Waals surface area contributed by atoms with Gasteiger partial charge in [0, 0.05) is 20.1 Å². The van der Waals surface area contributed by atoms with Crippen molar-refractivity contribution in [3.63, 3.8) is 0 Å². The van der Waals surface area contributed by atoms with E-state index in [9.17, 15) is 9.90 Å². The Hall–Kier alpha value is -0.650. The van der Waals surface area contributed by atoms with Crippen molar-refractivity contribution in [2.75, 3.05) is 41.0 Å². The predicted octanol–water partition coefficient (Wildman–Crippen LogP) is -0.121. The number of nitrogens with zero attached hydrogens (tertiary/aromatic N) is 1. The summed E-state index contributed by atoms with van der Waals surface area (Å²) in [5, 5.41) is 9.42. The van der Waals surface area contributed by atoms with Crippen LogP contribution in [0.1, 0.15) is 12.8 Å². The van der Waals surface area contributed by atoms with Gasteiger partial charge in [0.25, 0.3) is 0 Å². The minimum atomic E-state index is -0.474. The predicted molar refractivity (Wildman–Crippen MR) is 56.6 cm³/mol. The summed E-state index contributed by atoms with van der Waals surface area (Å²) in [6.45, 7) is 1.65. The molecule has 0 bridgehead atoms. The molecule has 0 heterocycles. The molecule has 0 aliphatic rings. The summed E-state index contributed by atoms with van der Waals surface area (Å²) in [4.78, 5) is 12.8. The molecule has 1 atom stereocenters. The van der Waals surface area contributed by atoms with Gasteiger partial charge in [0.2, 0.25) is 0 Å². The van der Waals surface area contributed by atoms with Crippen LogP contribution in [0.25, 0.3) is 0 Å². The molecule has 0 aromatic rings. The summed E-state index contributed by atoms with van der Waals surface area (Å²) >= 11 is 0. The standard InChI is InChI=1S/C10H21NO4/c1-11(7-9(12)8-14-2)6-4-5-10(13)15-3/h9,12H,4-8H2,1-3H3. The number of likely N-dealkylation sites (N-methyl/N-ethyl adjacent to an activating group) is 1. The molecular formula is C10H21NO4. The highest BCUT2D eigenvalue weighted by Crippen LogP contribution is 1.96. The highest BCUT2D eigenvalue weighted by molar-refractivity contribution is 5.69. The number of aliphatic hydroxyl groups is 1. The maximum Gasteiger partial charge on any atom is 0.305 e. The Morgan fingerprint density at radius 3 is 2.67 bits per heavy atom. The molecule has 0 aliphatic heterocycles. The molecule has 0 fully saturated rings. The zero-order valence-electron chi connectivity index (χ0n) is 9.73. The lowest BCUT2D eigenvalue weighted by atomic mass is 10.3. The zero-order chi connectivity index (χ0) is 11.7. The number of esters is 1. The first kappa shape index (κ1) is 14.3. The van der Waals surface area contributed by atoms with Gasteiger partial charge in [0.15, 0.2) is 0 Å². The number of hydrogen-bond acceptors (Lipinski definition) is 5. The summed E-state index contributed by atoms with van der Waals surface area (Å²) in [5.74, 6) is -0.194. The number of ether oxygens (including phenoxy) is 2. The van der Waals surface area contributed by atoms with Crippen LogP contribution in [-0.2, 0) is 14.3 Å². The Bertz CT molecular complexity index is 175. The van der Waals surface area contributed by atoms with Crippen molar-refractivity contribution in [2.45, 2.75) is 18.9 Å². The van der Waals surface area contributed by atoms with E-state index >= 15 is 0 Å². The molecule has 0 aromatic heterocycles. The van der Waals surface area contributed by atoms with Gasteiger partial charge in [-0.3, -0.25) is 4.79 Å². The fourth-order valence-electron chi connectivity index (χ4n) is 1.29. The zero-order valence-corrected chi connectivity index (χ0v) is 9.73. The molecule has 0 radical (unpaired) electrons. The first-order chi connectivity index (χ1) is 7.10. The Kier molecular flexibility index (Phi) is 8.27. The first-order valence-corrected chi connectivity index (χ1v) is 5.02. The molecule has 5 heteroatoms. The van der Waals surface area contributed by atoms with Crippen LogP contribution >= 0.6 is 0 Å². The van der Waals surface area contributed by atoms with Gasteiger partial charge in [-0.05, 0) is 20.0 Å². The molecule has 0 rings (SSSR count). The highest BCUT2D eigenvalue weighted by Gasteiger charge is 2.08.